The molecule has 0 bridgehead atoms. The standard InChI is InChI=1S/C23H17F3N4O2S/c24-23(25,26)16-7-4-8-18(13-16)28-22(31)27-17-9-11-19(12-10-17)33-14-20-29-30-21(32-20)15-5-2-1-3-6-15/h1-13H,14H2,(H2,27,28,31). The first-order valence-corrected chi connectivity index (χ1v) is 10.7. The van der Waals surface area contributed by atoms with Gasteiger partial charge in [0.05, 0.1) is 11.3 Å². The summed E-state index contributed by atoms with van der Waals surface area (Å²) >= 11 is 1.49. The largest absolute Gasteiger partial charge is 0.420 e. The number of nitrogens with zero attached hydrogens (tertiary/aromatic N) is 2. The Morgan fingerprint density at radius 3 is 2.33 bits per heavy atom. The van der Waals surface area contributed by atoms with Gasteiger partial charge >= 0.3 is 12.2 Å². The van der Waals surface area contributed by atoms with Gasteiger partial charge in [-0.3, -0.25) is 0 Å². The number of carbonyl (C=O) groups is 1. The molecule has 1 heterocycles. The first-order valence-electron chi connectivity index (χ1n) is 9.73. The normalized spacial score (nSPS) is 11.2. The zero-order valence-electron chi connectivity index (χ0n) is 17.0. The van der Waals surface area contributed by atoms with Gasteiger partial charge in [0.2, 0.25) is 11.8 Å². The van der Waals surface area contributed by atoms with Crippen molar-refractivity contribution in [3.8, 4) is 11.5 Å². The lowest BCUT2D eigenvalue weighted by Gasteiger charge is -2.11. The van der Waals surface area contributed by atoms with Crippen molar-refractivity contribution in [1.82, 2.24) is 10.2 Å². The van der Waals surface area contributed by atoms with E-state index in [1.807, 2.05) is 30.3 Å². The maximum Gasteiger partial charge on any atom is 0.416 e. The number of nitrogens with one attached hydrogen (secondary N) is 2. The van der Waals surface area contributed by atoms with Crippen molar-refractivity contribution in [3.63, 3.8) is 0 Å². The van der Waals surface area contributed by atoms with Crippen LogP contribution in [0, 0.1) is 0 Å². The molecule has 3 aromatic carbocycles. The van der Waals surface area contributed by atoms with Gasteiger partial charge in [0.1, 0.15) is 0 Å². The number of hydrogen-bond donors (Lipinski definition) is 2. The van der Waals surface area contributed by atoms with E-state index in [0.29, 0.717) is 23.2 Å². The van der Waals surface area contributed by atoms with Gasteiger partial charge in [-0.1, -0.05) is 24.3 Å². The lowest BCUT2D eigenvalue weighted by atomic mass is 10.2. The summed E-state index contributed by atoms with van der Waals surface area (Å²) in [6, 6.07) is 20.2. The van der Waals surface area contributed by atoms with Gasteiger partial charge in [0.25, 0.3) is 0 Å². The maximum absolute atomic E-state index is 12.8. The zero-order valence-corrected chi connectivity index (χ0v) is 17.8. The Labute approximate surface area is 191 Å². The van der Waals surface area contributed by atoms with E-state index in [4.69, 9.17) is 4.42 Å². The van der Waals surface area contributed by atoms with Crippen LogP contribution < -0.4 is 10.6 Å². The number of benzene rings is 3. The summed E-state index contributed by atoms with van der Waals surface area (Å²) in [6.45, 7) is 0. The highest BCUT2D eigenvalue weighted by atomic mass is 32.2. The molecule has 4 aromatic rings. The third-order valence-electron chi connectivity index (χ3n) is 4.41. The number of hydrogen-bond acceptors (Lipinski definition) is 5. The molecule has 0 unspecified atom stereocenters. The number of anilines is 2. The van der Waals surface area contributed by atoms with Gasteiger partial charge in [-0.2, -0.15) is 13.2 Å². The number of halogens is 3. The predicted molar refractivity (Wildman–Crippen MR) is 120 cm³/mol. The van der Waals surface area contributed by atoms with Crippen LogP contribution in [0.5, 0.6) is 0 Å². The lowest BCUT2D eigenvalue weighted by Crippen LogP contribution is -2.19. The summed E-state index contributed by atoms with van der Waals surface area (Å²) in [6.07, 6.45) is -4.48. The molecule has 0 aliphatic heterocycles. The highest BCUT2D eigenvalue weighted by Crippen LogP contribution is 2.31. The molecule has 6 nitrogen and oxygen atoms in total. The second-order valence-corrected chi connectivity index (χ2v) is 7.89. The van der Waals surface area contributed by atoms with E-state index in [9.17, 15) is 18.0 Å². The molecule has 33 heavy (non-hydrogen) atoms. The number of rotatable bonds is 6. The minimum atomic E-state index is -4.48. The van der Waals surface area contributed by atoms with E-state index in [-0.39, 0.29) is 5.69 Å². The SMILES string of the molecule is O=C(Nc1ccc(SCc2nnc(-c3ccccc3)o2)cc1)Nc1cccc(C(F)(F)F)c1. The van der Waals surface area contributed by atoms with E-state index in [1.54, 1.807) is 24.3 Å². The Bertz CT molecular complexity index is 1230. The summed E-state index contributed by atoms with van der Waals surface area (Å²) in [5.41, 5.74) is 0.552. The molecule has 10 heteroatoms. The van der Waals surface area contributed by atoms with Crippen LogP contribution in [0.1, 0.15) is 11.5 Å². The molecule has 0 saturated carbocycles. The Hall–Kier alpha value is -3.79. The van der Waals surface area contributed by atoms with Gasteiger partial charge < -0.3 is 15.1 Å². The van der Waals surface area contributed by atoms with Crippen molar-refractivity contribution in [1.29, 1.82) is 0 Å². The second-order valence-electron chi connectivity index (χ2n) is 6.84. The van der Waals surface area contributed by atoms with Crippen molar-refractivity contribution in [2.45, 2.75) is 16.8 Å². The fraction of sp³-hybridized carbons (Fsp3) is 0.0870. The van der Waals surface area contributed by atoms with E-state index < -0.39 is 17.8 Å². The van der Waals surface area contributed by atoms with Crippen molar-refractivity contribution in [2.24, 2.45) is 0 Å². The molecule has 2 N–H and O–H groups in total. The highest BCUT2D eigenvalue weighted by molar-refractivity contribution is 7.98. The minimum absolute atomic E-state index is 0.0453. The molecule has 0 aliphatic rings. The zero-order chi connectivity index (χ0) is 23.3. The lowest BCUT2D eigenvalue weighted by molar-refractivity contribution is -0.137. The van der Waals surface area contributed by atoms with E-state index in [0.717, 1.165) is 22.6 Å². The molecule has 0 saturated heterocycles. The molecule has 0 aliphatic carbocycles. The van der Waals surface area contributed by atoms with E-state index >= 15 is 0 Å². The first kappa shape index (κ1) is 22.4. The second kappa shape index (κ2) is 9.78. The van der Waals surface area contributed by atoms with Gasteiger partial charge in [-0.25, -0.2) is 4.79 Å². The highest BCUT2D eigenvalue weighted by Gasteiger charge is 2.30. The van der Waals surface area contributed by atoms with Crippen LogP contribution >= 0.6 is 11.8 Å². The van der Waals surface area contributed by atoms with Crippen molar-refractivity contribution in [3.05, 3.63) is 90.3 Å². The van der Waals surface area contributed by atoms with Crippen LogP contribution in [0.4, 0.5) is 29.3 Å². The average Bonchev–Trinajstić information content (AvgIpc) is 3.28. The minimum Gasteiger partial charge on any atom is -0.420 e. The molecule has 1 aromatic heterocycles. The van der Waals surface area contributed by atoms with Crippen LogP contribution in [0.25, 0.3) is 11.5 Å². The van der Waals surface area contributed by atoms with E-state index in [1.165, 1.54) is 23.9 Å². The number of thioether (sulfide) groups is 1. The third-order valence-corrected chi connectivity index (χ3v) is 5.41. The smallest absolute Gasteiger partial charge is 0.416 e. The van der Waals surface area contributed by atoms with Crippen LogP contribution in [0.2, 0.25) is 0 Å². The van der Waals surface area contributed by atoms with Crippen molar-refractivity contribution >= 4 is 29.2 Å². The number of aromatic nitrogens is 2. The Balaban J connectivity index is 1.30. The fourth-order valence-electron chi connectivity index (χ4n) is 2.86. The molecule has 0 spiro atoms. The molecule has 168 valence electrons. The van der Waals surface area contributed by atoms with Crippen LogP contribution in [0.3, 0.4) is 0 Å². The van der Waals surface area contributed by atoms with Gasteiger partial charge in [-0.05, 0) is 54.6 Å². The number of carbonyl (C=O) groups excluding carboxylic acids is 1. The molecule has 4 rings (SSSR count). The Morgan fingerprint density at radius 1 is 0.879 bits per heavy atom. The Kier molecular flexibility index (Phi) is 6.64. The molecule has 0 radical (unpaired) electrons. The van der Waals surface area contributed by atoms with Gasteiger partial charge in [-0.15, -0.1) is 22.0 Å². The summed E-state index contributed by atoms with van der Waals surface area (Å²) < 4.78 is 44.1. The van der Waals surface area contributed by atoms with Crippen LogP contribution in [-0.2, 0) is 11.9 Å². The molecular formula is C23H17F3N4O2S. The molecule has 0 atom stereocenters. The number of amides is 2. The van der Waals surface area contributed by atoms with E-state index in [2.05, 4.69) is 20.8 Å². The maximum atomic E-state index is 12.8. The summed E-state index contributed by atoms with van der Waals surface area (Å²) in [4.78, 5) is 13.0. The number of urea groups is 1. The van der Waals surface area contributed by atoms with Crippen LogP contribution in [0.15, 0.2) is 88.2 Å². The fourth-order valence-corrected chi connectivity index (χ4v) is 3.59. The topological polar surface area (TPSA) is 80.1 Å². The molecule has 0 fully saturated rings. The third kappa shape index (κ3) is 6.13. The first-order chi connectivity index (χ1) is 15.9. The van der Waals surface area contributed by atoms with Crippen molar-refractivity contribution in [2.75, 3.05) is 10.6 Å². The van der Waals surface area contributed by atoms with Gasteiger partial charge in [0.15, 0.2) is 0 Å². The number of alkyl halides is 3. The molecular weight excluding hydrogens is 453 g/mol. The predicted octanol–water partition coefficient (Wildman–Crippen LogP) is 6.69. The van der Waals surface area contributed by atoms with Gasteiger partial charge in [0, 0.05) is 21.8 Å². The van der Waals surface area contributed by atoms with Crippen LogP contribution in [-0.4, -0.2) is 16.2 Å². The average molecular weight is 470 g/mol. The summed E-state index contributed by atoms with van der Waals surface area (Å²) in [5, 5.41) is 13.1. The Morgan fingerprint density at radius 2 is 1.61 bits per heavy atom. The van der Waals surface area contributed by atoms with Crippen molar-refractivity contribution < 1.29 is 22.4 Å². The monoisotopic (exact) mass is 470 g/mol. The summed E-state index contributed by atoms with van der Waals surface area (Å²) in [7, 11) is 0. The summed E-state index contributed by atoms with van der Waals surface area (Å²) in [5.74, 6) is 1.42. The molecule has 2 amide bonds. The quantitative estimate of drug-likeness (QED) is 0.307.